The minimum atomic E-state index is -0.308. The third-order valence-electron chi connectivity index (χ3n) is 5.50. The number of ether oxygens (including phenoxy) is 1. The van der Waals surface area contributed by atoms with Gasteiger partial charge in [-0.15, -0.1) is 0 Å². The molecule has 6 heteroatoms. The Balaban J connectivity index is 1.67. The summed E-state index contributed by atoms with van der Waals surface area (Å²) in [6, 6.07) is 6.92. The molecule has 4 rings (SSSR count). The number of carbonyl (C=O) groups excluding carboxylic acids is 3. The third kappa shape index (κ3) is 2.74. The molecule has 2 aliphatic heterocycles. The lowest BCUT2D eigenvalue weighted by Gasteiger charge is -2.28. The fraction of sp³-hybridized carbons (Fsp3) is 0.450. The summed E-state index contributed by atoms with van der Waals surface area (Å²) in [7, 11) is 0. The van der Waals surface area contributed by atoms with Crippen molar-refractivity contribution in [3.05, 3.63) is 41.5 Å². The molecule has 3 aliphatic rings. The molecular weight excluding hydrogens is 332 g/mol. The number of fused-ring (bicyclic) bond motifs is 1. The maximum atomic E-state index is 13.0. The zero-order valence-electron chi connectivity index (χ0n) is 14.8. The number of benzene rings is 1. The average molecular weight is 354 g/mol. The van der Waals surface area contributed by atoms with Crippen molar-refractivity contribution in [3.63, 3.8) is 0 Å². The minimum Gasteiger partial charge on any atom is -0.378 e. The summed E-state index contributed by atoms with van der Waals surface area (Å²) in [4.78, 5) is 41.8. The Morgan fingerprint density at radius 2 is 1.77 bits per heavy atom. The van der Waals surface area contributed by atoms with Crippen LogP contribution in [0, 0.1) is 11.8 Å². The monoisotopic (exact) mass is 354 g/mol. The van der Waals surface area contributed by atoms with Crippen molar-refractivity contribution >= 4 is 23.4 Å². The Morgan fingerprint density at radius 3 is 2.54 bits per heavy atom. The van der Waals surface area contributed by atoms with Crippen LogP contribution in [-0.4, -0.2) is 48.9 Å². The molecule has 3 amide bonds. The maximum absolute atomic E-state index is 13.0. The lowest BCUT2D eigenvalue weighted by atomic mass is 9.82. The van der Waals surface area contributed by atoms with Gasteiger partial charge in [-0.05, 0) is 31.9 Å². The van der Waals surface area contributed by atoms with E-state index in [9.17, 15) is 14.4 Å². The fourth-order valence-corrected chi connectivity index (χ4v) is 4.06. The van der Waals surface area contributed by atoms with Crippen molar-refractivity contribution in [3.8, 4) is 0 Å². The van der Waals surface area contributed by atoms with Crippen molar-refractivity contribution in [2.75, 3.05) is 31.2 Å². The molecule has 1 aromatic carbocycles. The Kier molecular flexibility index (Phi) is 4.36. The zero-order valence-corrected chi connectivity index (χ0v) is 14.8. The highest BCUT2D eigenvalue weighted by Crippen LogP contribution is 2.40. The van der Waals surface area contributed by atoms with Crippen LogP contribution >= 0.6 is 0 Å². The van der Waals surface area contributed by atoms with Crippen LogP contribution in [0.5, 0.6) is 0 Å². The normalized spacial score (nSPS) is 26.0. The zero-order chi connectivity index (χ0) is 18.3. The van der Waals surface area contributed by atoms with E-state index in [1.807, 2.05) is 13.0 Å². The van der Waals surface area contributed by atoms with Crippen LogP contribution in [0.25, 0.3) is 0 Å². The predicted octanol–water partition coefficient (Wildman–Crippen LogP) is 2.00. The number of imide groups is 1. The summed E-state index contributed by atoms with van der Waals surface area (Å²) < 4.78 is 5.31. The smallest absolute Gasteiger partial charge is 0.256 e. The standard InChI is InChI=1S/C20H22N2O4/c1-13-6-7-14-16(12-13)20(25)22(19(14)24)17-5-3-2-4-15(17)18(23)21-8-10-26-11-9-21/h2-6,14,16H,7-12H2,1H3/t14-,16-/m1/s1. The van der Waals surface area contributed by atoms with Crippen molar-refractivity contribution in [2.24, 2.45) is 11.8 Å². The average Bonchev–Trinajstić information content (AvgIpc) is 2.92. The number of hydrogen-bond acceptors (Lipinski definition) is 4. The molecule has 2 atom stereocenters. The van der Waals surface area contributed by atoms with Crippen molar-refractivity contribution in [1.82, 2.24) is 4.90 Å². The van der Waals surface area contributed by atoms with E-state index in [-0.39, 0.29) is 29.6 Å². The van der Waals surface area contributed by atoms with Crippen LogP contribution < -0.4 is 4.90 Å². The van der Waals surface area contributed by atoms with Crippen LogP contribution in [0.4, 0.5) is 5.69 Å². The Bertz CT molecular complexity index is 795. The maximum Gasteiger partial charge on any atom is 0.256 e. The number of morpholine rings is 1. The third-order valence-corrected chi connectivity index (χ3v) is 5.50. The van der Waals surface area contributed by atoms with Gasteiger partial charge in [0.05, 0.1) is 36.3 Å². The van der Waals surface area contributed by atoms with E-state index in [4.69, 9.17) is 4.74 Å². The van der Waals surface area contributed by atoms with E-state index < -0.39 is 0 Å². The summed E-state index contributed by atoms with van der Waals surface area (Å²) in [5.41, 5.74) is 1.96. The van der Waals surface area contributed by atoms with Gasteiger partial charge in [0.1, 0.15) is 0 Å². The van der Waals surface area contributed by atoms with Crippen LogP contribution in [-0.2, 0) is 14.3 Å². The Hall–Kier alpha value is -2.47. The molecule has 26 heavy (non-hydrogen) atoms. The summed E-state index contributed by atoms with van der Waals surface area (Å²) in [6.45, 7) is 4.04. The highest BCUT2D eigenvalue weighted by atomic mass is 16.5. The van der Waals surface area contributed by atoms with Gasteiger partial charge in [-0.25, -0.2) is 4.90 Å². The van der Waals surface area contributed by atoms with E-state index in [0.717, 1.165) is 5.57 Å². The number of rotatable bonds is 2. The topological polar surface area (TPSA) is 66.9 Å². The van der Waals surface area contributed by atoms with Gasteiger partial charge in [0.2, 0.25) is 11.8 Å². The molecule has 0 saturated carbocycles. The summed E-state index contributed by atoms with van der Waals surface area (Å²) in [5.74, 6) is -1.15. The van der Waals surface area contributed by atoms with Gasteiger partial charge in [-0.3, -0.25) is 14.4 Å². The molecule has 0 bridgehead atoms. The van der Waals surface area contributed by atoms with Crippen LogP contribution in [0.15, 0.2) is 35.9 Å². The molecule has 2 heterocycles. The second kappa shape index (κ2) is 6.68. The van der Waals surface area contributed by atoms with Crippen molar-refractivity contribution in [1.29, 1.82) is 0 Å². The van der Waals surface area contributed by atoms with Gasteiger partial charge in [0.15, 0.2) is 0 Å². The van der Waals surface area contributed by atoms with Gasteiger partial charge in [0.25, 0.3) is 5.91 Å². The molecule has 2 fully saturated rings. The second-order valence-electron chi connectivity index (χ2n) is 7.14. The summed E-state index contributed by atoms with van der Waals surface area (Å²) in [5, 5.41) is 0. The number of carbonyl (C=O) groups is 3. The fourth-order valence-electron chi connectivity index (χ4n) is 4.06. The largest absolute Gasteiger partial charge is 0.378 e. The number of nitrogens with zero attached hydrogens (tertiary/aromatic N) is 2. The molecule has 136 valence electrons. The van der Waals surface area contributed by atoms with Crippen LogP contribution in [0.2, 0.25) is 0 Å². The van der Waals surface area contributed by atoms with Crippen molar-refractivity contribution in [2.45, 2.75) is 19.8 Å². The van der Waals surface area contributed by atoms with E-state index in [1.165, 1.54) is 4.90 Å². The highest BCUT2D eigenvalue weighted by Gasteiger charge is 2.49. The molecule has 0 aromatic heterocycles. The quantitative estimate of drug-likeness (QED) is 0.602. The highest BCUT2D eigenvalue weighted by molar-refractivity contribution is 6.24. The lowest BCUT2D eigenvalue weighted by molar-refractivity contribution is -0.122. The first-order valence-corrected chi connectivity index (χ1v) is 9.07. The molecular formula is C20H22N2O4. The SMILES string of the molecule is CC1=CC[C@H]2C(=O)N(c3ccccc3C(=O)N3CCOCC3)C(=O)[C@@H]2C1. The molecule has 2 saturated heterocycles. The molecule has 0 N–H and O–H groups in total. The van der Waals surface area contributed by atoms with Crippen LogP contribution in [0.1, 0.15) is 30.1 Å². The molecule has 0 spiro atoms. The first-order chi connectivity index (χ1) is 12.6. The number of hydrogen-bond donors (Lipinski definition) is 0. The Morgan fingerprint density at radius 1 is 1.08 bits per heavy atom. The number of amides is 3. The molecule has 1 aliphatic carbocycles. The summed E-state index contributed by atoms with van der Waals surface area (Å²) >= 11 is 0. The molecule has 0 radical (unpaired) electrons. The van der Waals surface area contributed by atoms with E-state index in [2.05, 4.69) is 0 Å². The second-order valence-corrected chi connectivity index (χ2v) is 7.14. The first kappa shape index (κ1) is 17.0. The molecule has 6 nitrogen and oxygen atoms in total. The molecule has 1 aromatic rings. The van der Waals surface area contributed by atoms with Gasteiger partial charge in [-0.2, -0.15) is 0 Å². The van der Waals surface area contributed by atoms with Crippen molar-refractivity contribution < 1.29 is 19.1 Å². The number of para-hydroxylation sites is 1. The van der Waals surface area contributed by atoms with Crippen LogP contribution in [0.3, 0.4) is 0 Å². The van der Waals surface area contributed by atoms with Gasteiger partial charge in [0, 0.05) is 13.1 Å². The van der Waals surface area contributed by atoms with E-state index in [1.54, 1.807) is 29.2 Å². The number of allylic oxidation sites excluding steroid dienone is 2. The van der Waals surface area contributed by atoms with Gasteiger partial charge >= 0.3 is 0 Å². The van der Waals surface area contributed by atoms with E-state index in [0.29, 0.717) is 50.4 Å². The Labute approximate surface area is 152 Å². The van der Waals surface area contributed by atoms with Gasteiger partial charge in [-0.1, -0.05) is 23.8 Å². The molecule has 0 unspecified atom stereocenters. The minimum absolute atomic E-state index is 0.159. The van der Waals surface area contributed by atoms with Gasteiger partial charge < -0.3 is 9.64 Å². The number of anilines is 1. The lowest BCUT2D eigenvalue weighted by Crippen LogP contribution is -2.42. The predicted molar refractivity (Wildman–Crippen MR) is 95.6 cm³/mol. The summed E-state index contributed by atoms with van der Waals surface area (Å²) in [6.07, 6.45) is 3.25. The van der Waals surface area contributed by atoms with E-state index >= 15 is 0 Å². The first-order valence-electron chi connectivity index (χ1n) is 9.07.